The first kappa shape index (κ1) is 95.4. The molecule has 722 valence electrons. The molecule has 0 aliphatic heterocycles. The zero-order valence-electron chi connectivity index (χ0n) is 87.9. The number of rotatable bonds is 6. The zero-order valence-corrected chi connectivity index (χ0v) is 87.9. The van der Waals surface area contributed by atoms with Gasteiger partial charge in [0.2, 0.25) is 0 Å². The molecule has 20 aromatic carbocycles. The van der Waals surface area contributed by atoms with Crippen molar-refractivity contribution in [1.29, 1.82) is 0 Å². The van der Waals surface area contributed by atoms with Crippen molar-refractivity contribution in [3.63, 3.8) is 0 Å². The maximum Gasteiger partial charge on any atom is 0.0725 e. The Hall–Kier alpha value is -15.1. The molecule has 0 aromatic heterocycles. The van der Waals surface area contributed by atoms with E-state index in [2.05, 4.69) is 533 Å². The molecule has 0 unspecified atom stereocenters. The van der Waals surface area contributed by atoms with E-state index < -0.39 is 0 Å². The lowest BCUT2D eigenvalue weighted by Crippen LogP contribution is -2.30. The molecule has 0 amide bonds. The number of hydrogen-bond acceptors (Lipinski definition) is 0. The van der Waals surface area contributed by atoms with Gasteiger partial charge >= 0.3 is 0 Å². The van der Waals surface area contributed by atoms with Gasteiger partial charge in [0.05, 0.1) is 10.8 Å². The molecule has 0 N–H and O–H groups in total. The third kappa shape index (κ3) is 15.6. The van der Waals surface area contributed by atoms with Gasteiger partial charge in [0.25, 0.3) is 0 Å². The van der Waals surface area contributed by atoms with Crippen LogP contribution in [0.2, 0.25) is 0 Å². The van der Waals surface area contributed by atoms with Gasteiger partial charge in [-0.2, -0.15) is 0 Å². The number of benzene rings is 20. The fourth-order valence-electron chi connectivity index (χ4n) is 28.4. The Morgan fingerprint density at radius 1 is 0.197 bits per heavy atom. The Morgan fingerprint density at radius 2 is 0.497 bits per heavy atom. The van der Waals surface area contributed by atoms with Gasteiger partial charge in [-0.25, -0.2) is 0 Å². The van der Waals surface area contributed by atoms with E-state index >= 15 is 0 Å². The number of hydrogen-bond donors (Lipinski definition) is 0. The van der Waals surface area contributed by atoms with E-state index in [4.69, 9.17) is 0 Å². The van der Waals surface area contributed by atoms with Crippen molar-refractivity contribution < 1.29 is 0 Å². The summed E-state index contributed by atoms with van der Waals surface area (Å²) in [6.45, 7) is 29.4. The predicted molar refractivity (Wildman–Crippen MR) is 624 cm³/mol. The fourth-order valence-corrected chi connectivity index (χ4v) is 28.4. The largest absolute Gasteiger partial charge is 0.0725 e. The van der Waals surface area contributed by atoms with Gasteiger partial charge in [-0.1, -0.05) is 550 Å². The van der Waals surface area contributed by atoms with Crippen molar-refractivity contribution in [1.82, 2.24) is 0 Å². The van der Waals surface area contributed by atoms with E-state index in [1.807, 2.05) is 0 Å². The van der Waals surface area contributed by atoms with Gasteiger partial charge in [0.15, 0.2) is 0 Å². The summed E-state index contributed by atoms with van der Waals surface area (Å²) in [4.78, 5) is 0. The number of aryl methyl sites for hydroxylation is 7. The summed E-state index contributed by atoms with van der Waals surface area (Å²) in [7, 11) is 0. The minimum Gasteiger partial charge on any atom is -0.0642 e. The summed E-state index contributed by atoms with van der Waals surface area (Å²) in [6.07, 6.45) is 14.6. The van der Waals surface area contributed by atoms with E-state index in [0.29, 0.717) is 10.8 Å². The van der Waals surface area contributed by atoms with E-state index in [0.717, 1.165) is 0 Å². The molecule has 0 saturated heterocycles. The minimum absolute atomic E-state index is 0.0979. The second-order valence-corrected chi connectivity index (χ2v) is 44.4. The van der Waals surface area contributed by atoms with Crippen LogP contribution in [-0.2, 0) is 37.9 Å². The van der Waals surface area contributed by atoms with Crippen molar-refractivity contribution >= 4 is 21.5 Å². The van der Waals surface area contributed by atoms with Crippen LogP contribution in [0.5, 0.6) is 0 Å². The van der Waals surface area contributed by atoms with Crippen LogP contribution in [-0.4, -0.2) is 0 Å². The van der Waals surface area contributed by atoms with E-state index in [1.54, 1.807) is 22.3 Å². The highest BCUT2D eigenvalue weighted by molar-refractivity contribution is 6.05. The van der Waals surface area contributed by atoms with Crippen LogP contribution in [0.25, 0.3) is 99.4 Å². The van der Waals surface area contributed by atoms with Crippen LogP contribution >= 0.6 is 0 Å². The molecular weight excluding hydrogens is 1770 g/mol. The molecule has 2 fully saturated rings. The molecule has 9 aliphatic carbocycles. The molecule has 147 heavy (non-hydrogen) atoms. The summed E-state index contributed by atoms with van der Waals surface area (Å²) in [5, 5.41) is 5.47. The minimum atomic E-state index is -0.336. The third-order valence-corrected chi connectivity index (χ3v) is 35.4. The maximum absolute atomic E-state index is 2.45. The molecule has 20 aromatic rings. The van der Waals surface area contributed by atoms with Crippen LogP contribution in [0.15, 0.2) is 443 Å². The normalized spacial score (nSPS) is 15.4. The molecule has 2 saturated carbocycles. The van der Waals surface area contributed by atoms with Crippen LogP contribution in [0.4, 0.5) is 0 Å². The van der Waals surface area contributed by atoms with Crippen LogP contribution < -0.4 is 0 Å². The average Bonchev–Trinajstić information content (AvgIpc) is 1.50. The number of fused-ring (bicyclic) bond motifs is 33. The lowest BCUT2D eigenvalue weighted by atomic mass is 9.65. The Morgan fingerprint density at radius 3 is 0.959 bits per heavy atom. The molecule has 29 rings (SSSR count). The molecule has 0 radical (unpaired) electrons. The Bertz CT molecular complexity index is 8140. The molecule has 0 atom stereocenters. The lowest BCUT2D eigenvalue weighted by Gasteiger charge is -2.36. The van der Waals surface area contributed by atoms with Crippen LogP contribution in [0.1, 0.15) is 251 Å². The maximum atomic E-state index is 2.45. The summed E-state index contributed by atoms with van der Waals surface area (Å²) < 4.78 is 0. The van der Waals surface area contributed by atoms with Crippen molar-refractivity contribution in [2.45, 2.75) is 199 Å². The molecule has 0 bridgehead atoms. The Kier molecular flexibility index (Phi) is 24.9. The van der Waals surface area contributed by atoms with Crippen molar-refractivity contribution in [2.24, 2.45) is 0 Å². The summed E-state index contributed by atoms with van der Waals surface area (Å²) >= 11 is 0. The highest BCUT2D eigenvalue weighted by atomic mass is 14.5. The average molecular weight is 1900 g/mol. The quantitative estimate of drug-likeness (QED) is 0.146. The smallest absolute Gasteiger partial charge is 0.0642 e. The first-order valence-corrected chi connectivity index (χ1v) is 54.2. The van der Waals surface area contributed by atoms with E-state index in [-0.39, 0.29) is 27.1 Å². The molecule has 3 spiro atoms. The molecule has 0 heterocycles. The Labute approximate surface area is 873 Å². The molecule has 0 heteroatoms. The standard InChI is InChI=1S/C26H18.C26H22.2C20H18.C19H20.C18H18.C18H20/c1-17-14-15-21-20-10-4-7-13-24(20)26(25(21)16-17)22-11-5-2-8-18(22)19-9-3-6-12-23(19)26;1-21-17-19-25(20-18-21)26(22-11-5-2-6-12-22,23-13-7-3-8-14-23)24-15-9-4-10-16-24;1-13-12-18-19(15-9-5-4-8-14(13)15)16-10-6-7-11-17(16)20(18,2)3;1-13-8-10-16-18(12-13)20(2,3)17-11-9-14-6-4-5-7-15(14)19(16)17;1-14-9-10-16-15-7-3-4-8-17(15)19(18(16)13-14)11-5-2-6-12-19;1-13-8-9-15-14-6-2-3-7-16(14)18(17(15)12-13)10-4-5-11-18;1-4-18(5-2)16-9-7-6-8-14(16)15-11-10-13(3)12-17(15)18/h2-16H,1H3;2-20H,1H3;2*4-12H,1-3H3;3-4,7-10,13H,2,5-6,11-12H2,1H3;2-3,6-9,12H,4-5,10-11H2,1H3;6-12H,4-5H2,1-3H3. The highest BCUT2D eigenvalue weighted by Crippen LogP contribution is 2.65. The molecule has 0 nitrogen and oxygen atoms in total. The highest BCUT2D eigenvalue weighted by Gasteiger charge is 2.53. The first-order valence-electron chi connectivity index (χ1n) is 54.2. The molecular formula is C147H134. The summed E-state index contributed by atoms with van der Waals surface area (Å²) in [5.41, 5.74) is 56.1. The van der Waals surface area contributed by atoms with E-state index in [9.17, 15) is 0 Å². The SMILES string of the molecule is CCC1(CC)c2ccccc2-c2ccc(C)cc21.Cc1cc2c(c3ccccc13)-c1ccccc1C2(C)C.Cc1ccc(C(c2ccccc2)(c2ccccc2)c2ccccc2)cc1.Cc1ccc2c(c1)C(C)(C)c1ccc3ccccc3c1-2.Cc1ccc2c(c1)C1(CCCC1)c1ccccc1-2.Cc1ccc2c(c1)C1(CCCCC1)c1ccccc1-2.Cc1ccc2c(c1)C1(c3ccccc3-c3ccccc31)c1ccccc1-2. The van der Waals surface area contributed by atoms with Gasteiger partial charge in [-0.3, -0.25) is 0 Å². The predicted octanol–water partition coefficient (Wildman–Crippen LogP) is 38.8. The van der Waals surface area contributed by atoms with E-state index in [1.165, 1.54) is 287 Å². The lowest BCUT2D eigenvalue weighted by molar-refractivity contribution is 0.352. The van der Waals surface area contributed by atoms with Crippen LogP contribution in [0.3, 0.4) is 0 Å². The zero-order chi connectivity index (χ0) is 101. The second-order valence-electron chi connectivity index (χ2n) is 44.4. The fraction of sp³-hybridized carbons (Fsp3) is 0.211. The van der Waals surface area contributed by atoms with Crippen LogP contribution in [0, 0.1) is 48.5 Å². The monoisotopic (exact) mass is 1900 g/mol. The van der Waals surface area contributed by atoms with Gasteiger partial charge in [0, 0.05) is 27.1 Å². The third-order valence-electron chi connectivity index (χ3n) is 35.4. The van der Waals surface area contributed by atoms with Crippen molar-refractivity contribution in [3.05, 3.63) is 582 Å². The molecule has 9 aliphatic rings. The van der Waals surface area contributed by atoms with Crippen molar-refractivity contribution in [3.8, 4) is 77.9 Å². The summed E-state index contributed by atoms with van der Waals surface area (Å²) in [5.74, 6) is 0. The van der Waals surface area contributed by atoms with Gasteiger partial charge in [0.1, 0.15) is 0 Å². The first-order chi connectivity index (χ1) is 71.7. The summed E-state index contributed by atoms with van der Waals surface area (Å²) in [6, 6.07) is 163. The van der Waals surface area contributed by atoms with Gasteiger partial charge < -0.3 is 0 Å². The topological polar surface area (TPSA) is 0 Å². The van der Waals surface area contributed by atoms with Crippen molar-refractivity contribution in [2.75, 3.05) is 0 Å². The Balaban J connectivity index is 0.0000000949. The second kappa shape index (κ2) is 38.4. The van der Waals surface area contributed by atoms with Gasteiger partial charge in [-0.15, -0.1) is 0 Å². The van der Waals surface area contributed by atoms with Gasteiger partial charge in [-0.05, 0) is 292 Å².